The van der Waals surface area contributed by atoms with Crippen LogP contribution in [0.4, 0.5) is 4.79 Å². The number of fused-ring (bicyclic) bond motifs is 1. The number of hydrogen-bond acceptors (Lipinski definition) is 6. The van der Waals surface area contributed by atoms with E-state index in [0.717, 1.165) is 17.0 Å². The van der Waals surface area contributed by atoms with Crippen LogP contribution in [0.3, 0.4) is 0 Å². The molecule has 3 rings (SSSR count). The van der Waals surface area contributed by atoms with Gasteiger partial charge in [0.15, 0.2) is 0 Å². The summed E-state index contributed by atoms with van der Waals surface area (Å²) in [6.45, 7) is 0.416. The average molecular weight is 435 g/mol. The molecular formula is C20H23ClN4O5. The summed E-state index contributed by atoms with van der Waals surface area (Å²) in [4.78, 5) is 45.9. The molecule has 2 heterocycles. The van der Waals surface area contributed by atoms with Crippen molar-refractivity contribution < 1.29 is 23.9 Å². The van der Waals surface area contributed by atoms with Gasteiger partial charge in [0.2, 0.25) is 0 Å². The van der Waals surface area contributed by atoms with Gasteiger partial charge in [-0.3, -0.25) is 4.79 Å². The number of hydrogen-bond donors (Lipinski definition) is 2. The third-order valence-corrected chi connectivity index (χ3v) is 5.27. The highest BCUT2D eigenvalue weighted by atomic mass is 35.5. The van der Waals surface area contributed by atoms with E-state index in [1.807, 2.05) is 12.1 Å². The number of aromatic amines is 1. The molecule has 0 unspecified atom stereocenters. The Hall–Kier alpha value is -3.07. The predicted molar refractivity (Wildman–Crippen MR) is 108 cm³/mol. The molecule has 0 saturated carbocycles. The molecule has 1 aliphatic heterocycles. The van der Waals surface area contributed by atoms with Crippen LogP contribution in [0.5, 0.6) is 0 Å². The monoisotopic (exact) mass is 434 g/mol. The number of nitrogens with zero attached hydrogens (tertiary/aromatic N) is 2. The lowest BCUT2D eigenvalue weighted by molar-refractivity contribution is -0.144. The quantitative estimate of drug-likeness (QED) is 0.674. The van der Waals surface area contributed by atoms with Crippen LogP contribution in [-0.2, 0) is 25.5 Å². The summed E-state index contributed by atoms with van der Waals surface area (Å²) in [6.07, 6.45) is 2.24. The average Bonchev–Trinajstić information content (AvgIpc) is 3.24. The standard InChI is InChI=1S/C20H23ClN4O5/c1-29-16(26)8-7-15(19(27)30-2)24-20(28)25-10-9-14-17(23-11-22-14)18(25)12-3-5-13(21)6-4-12/h3-6,11,15,18H,7-10H2,1-2H3,(H,22,23)(H,24,28)/t15-,18-/m0/s1. The van der Waals surface area contributed by atoms with Crippen molar-refractivity contribution in [2.45, 2.75) is 31.3 Å². The van der Waals surface area contributed by atoms with Crippen LogP contribution in [0.15, 0.2) is 30.6 Å². The zero-order valence-electron chi connectivity index (χ0n) is 16.7. The highest BCUT2D eigenvalue weighted by Crippen LogP contribution is 2.33. The van der Waals surface area contributed by atoms with Crippen molar-refractivity contribution in [1.82, 2.24) is 20.2 Å². The van der Waals surface area contributed by atoms with E-state index in [0.29, 0.717) is 18.0 Å². The Kier molecular flexibility index (Phi) is 6.94. The van der Waals surface area contributed by atoms with Crippen LogP contribution >= 0.6 is 11.6 Å². The Morgan fingerprint density at radius 3 is 2.67 bits per heavy atom. The lowest BCUT2D eigenvalue weighted by atomic mass is 9.96. The topological polar surface area (TPSA) is 114 Å². The number of H-pyrrole nitrogens is 1. The molecule has 2 atom stereocenters. The number of carbonyl (C=O) groups is 3. The fourth-order valence-electron chi connectivity index (χ4n) is 3.47. The predicted octanol–water partition coefficient (Wildman–Crippen LogP) is 2.21. The second kappa shape index (κ2) is 9.62. The first-order valence-electron chi connectivity index (χ1n) is 9.44. The maximum atomic E-state index is 13.2. The number of methoxy groups -OCH3 is 2. The summed E-state index contributed by atoms with van der Waals surface area (Å²) in [5.74, 6) is -1.11. The highest BCUT2D eigenvalue weighted by Gasteiger charge is 2.35. The molecule has 1 aromatic heterocycles. The molecule has 0 fully saturated rings. The first-order chi connectivity index (χ1) is 14.4. The number of amides is 2. The van der Waals surface area contributed by atoms with Crippen molar-refractivity contribution in [2.75, 3.05) is 20.8 Å². The molecule has 0 spiro atoms. The lowest BCUT2D eigenvalue weighted by Gasteiger charge is -2.36. The fraction of sp³-hybridized carbons (Fsp3) is 0.400. The molecule has 1 aliphatic rings. The van der Waals surface area contributed by atoms with Gasteiger partial charge in [-0.15, -0.1) is 0 Å². The van der Waals surface area contributed by atoms with Gasteiger partial charge in [0, 0.05) is 30.1 Å². The second-order valence-corrected chi connectivity index (χ2v) is 7.24. The van der Waals surface area contributed by atoms with Crippen molar-refractivity contribution in [2.24, 2.45) is 0 Å². The van der Waals surface area contributed by atoms with Crippen LogP contribution in [-0.4, -0.2) is 59.6 Å². The van der Waals surface area contributed by atoms with Crippen molar-refractivity contribution in [3.8, 4) is 0 Å². The minimum atomic E-state index is -0.979. The van der Waals surface area contributed by atoms with Crippen molar-refractivity contribution >= 4 is 29.6 Å². The van der Waals surface area contributed by atoms with Gasteiger partial charge in [0.1, 0.15) is 12.1 Å². The fourth-order valence-corrected chi connectivity index (χ4v) is 3.59. The highest BCUT2D eigenvalue weighted by molar-refractivity contribution is 6.30. The van der Waals surface area contributed by atoms with E-state index in [4.69, 9.17) is 16.3 Å². The Labute approximate surface area is 178 Å². The van der Waals surface area contributed by atoms with Gasteiger partial charge in [-0.2, -0.15) is 0 Å². The molecule has 1 aromatic carbocycles. The Morgan fingerprint density at radius 2 is 2.00 bits per heavy atom. The molecule has 2 amide bonds. The minimum Gasteiger partial charge on any atom is -0.469 e. The lowest BCUT2D eigenvalue weighted by Crippen LogP contribution is -2.51. The SMILES string of the molecule is COC(=O)CC[C@H](NC(=O)N1CCc2[nH]cnc2[C@@H]1c1ccc(Cl)cc1)C(=O)OC. The number of halogens is 1. The van der Waals surface area contributed by atoms with Crippen LogP contribution in [0.1, 0.15) is 35.8 Å². The maximum Gasteiger partial charge on any atom is 0.328 e. The van der Waals surface area contributed by atoms with Gasteiger partial charge in [-0.1, -0.05) is 23.7 Å². The summed E-state index contributed by atoms with van der Waals surface area (Å²) < 4.78 is 9.39. The third kappa shape index (κ3) is 4.73. The molecule has 9 nitrogen and oxygen atoms in total. The van der Waals surface area contributed by atoms with E-state index < -0.39 is 30.1 Å². The zero-order valence-corrected chi connectivity index (χ0v) is 17.4. The molecule has 2 N–H and O–H groups in total. The van der Waals surface area contributed by atoms with Crippen LogP contribution in [0, 0.1) is 0 Å². The summed E-state index contributed by atoms with van der Waals surface area (Å²) in [5.41, 5.74) is 2.53. The number of carbonyl (C=O) groups excluding carboxylic acids is 3. The Bertz CT molecular complexity index is 914. The number of nitrogens with one attached hydrogen (secondary N) is 2. The van der Waals surface area contributed by atoms with E-state index in [9.17, 15) is 14.4 Å². The second-order valence-electron chi connectivity index (χ2n) is 6.80. The van der Waals surface area contributed by atoms with E-state index >= 15 is 0 Å². The number of rotatable bonds is 6. The summed E-state index contributed by atoms with van der Waals surface area (Å²) in [5, 5.41) is 3.28. The molecule has 0 bridgehead atoms. The van der Waals surface area contributed by atoms with Crippen molar-refractivity contribution in [3.63, 3.8) is 0 Å². The third-order valence-electron chi connectivity index (χ3n) is 5.02. The molecule has 0 saturated heterocycles. The number of urea groups is 1. The molecule has 0 radical (unpaired) electrons. The van der Waals surface area contributed by atoms with Gasteiger partial charge in [-0.25, -0.2) is 14.6 Å². The van der Waals surface area contributed by atoms with E-state index in [1.165, 1.54) is 14.2 Å². The first kappa shape index (κ1) is 21.6. The molecule has 30 heavy (non-hydrogen) atoms. The number of esters is 2. The number of ether oxygens (including phenoxy) is 2. The minimum absolute atomic E-state index is 0.0271. The van der Waals surface area contributed by atoms with Gasteiger partial charge < -0.3 is 24.7 Å². The summed E-state index contributed by atoms with van der Waals surface area (Å²) in [6, 6.07) is 5.30. The number of imidazole rings is 1. The van der Waals surface area contributed by atoms with Crippen LogP contribution < -0.4 is 5.32 Å². The van der Waals surface area contributed by atoms with E-state index in [-0.39, 0.29) is 12.8 Å². The Morgan fingerprint density at radius 1 is 1.27 bits per heavy atom. The van der Waals surface area contributed by atoms with E-state index in [2.05, 4.69) is 20.0 Å². The van der Waals surface area contributed by atoms with Gasteiger partial charge >= 0.3 is 18.0 Å². The summed E-state index contributed by atoms with van der Waals surface area (Å²) >= 11 is 6.02. The number of aromatic nitrogens is 2. The van der Waals surface area contributed by atoms with Gasteiger partial charge in [-0.05, 0) is 24.1 Å². The van der Waals surface area contributed by atoms with Crippen LogP contribution in [0.25, 0.3) is 0 Å². The van der Waals surface area contributed by atoms with Gasteiger partial charge in [0.05, 0.1) is 26.2 Å². The molecule has 160 valence electrons. The normalized spacial score (nSPS) is 16.4. The van der Waals surface area contributed by atoms with Crippen molar-refractivity contribution in [3.05, 3.63) is 52.6 Å². The Balaban J connectivity index is 1.84. The van der Waals surface area contributed by atoms with E-state index in [1.54, 1.807) is 23.4 Å². The van der Waals surface area contributed by atoms with Crippen LogP contribution in [0.2, 0.25) is 5.02 Å². The smallest absolute Gasteiger partial charge is 0.328 e. The first-order valence-corrected chi connectivity index (χ1v) is 9.81. The molecule has 10 heteroatoms. The van der Waals surface area contributed by atoms with Gasteiger partial charge in [0.25, 0.3) is 0 Å². The largest absolute Gasteiger partial charge is 0.469 e. The number of benzene rings is 1. The molecule has 2 aromatic rings. The summed E-state index contributed by atoms with van der Waals surface area (Å²) in [7, 11) is 2.49. The van der Waals surface area contributed by atoms with Crippen molar-refractivity contribution in [1.29, 1.82) is 0 Å². The zero-order chi connectivity index (χ0) is 21.7. The molecular weight excluding hydrogens is 412 g/mol. The molecule has 0 aliphatic carbocycles. The maximum absolute atomic E-state index is 13.2.